The van der Waals surface area contributed by atoms with Gasteiger partial charge in [0.25, 0.3) is 0 Å². The van der Waals surface area contributed by atoms with Crippen LogP contribution in [0.2, 0.25) is 5.02 Å². The van der Waals surface area contributed by atoms with Gasteiger partial charge in [0.05, 0.1) is 5.69 Å². The minimum Gasteiger partial charge on any atom is -0.330 e. The van der Waals surface area contributed by atoms with Gasteiger partial charge in [0, 0.05) is 19.1 Å². The van der Waals surface area contributed by atoms with Gasteiger partial charge < -0.3 is 4.90 Å². The van der Waals surface area contributed by atoms with E-state index in [9.17, 15) is 4.79 Å². The van der Waals surface area contributed by atoms with Crippen molar-refractivity contribution in [1.82, 2.24) is 10.3 Å². The fourth-order valence-corrected chi connectivity index (χ4v) is 0.897. The first-order chi connectivity index (χ1) is 6.59. The first kappa shape index (κ1) is 10.7. The van der Waals surface area contributed by atoms with E-state index in [1.807, 2.05) is 0 Å². The molecule has 0 spiro atoms. The largest absolute Gasteiger partial charge is 0.335 e. The van der Waals surface area contributed by atoms with Crippen molar-refractivity contribution in [3.8, 4) is 0 Å². The molecule has 1 aromatic rings. The Hall–Kier alpha value is -1.42. The molecule has 0 fully saturated rings. The maximum absolute atomic E-state index is 11.1. The number of carbonyl (C=O) groups is 1. The van der Waals surface area contributed by atoms with Crippen LogP contribution < -0.4 is 10.9 Å². The van der Waals surface area contributed by atoms with Crippen molar-refractivity contribution in [3.63, 3.8) is 0 Å². The van der Waals surface area contributed by atoms with Crippen molar-refractivity contribution in [2.45, 2.75) is 0 Å². The summed E-state index contributed by atoms with van der Waals surface area (Å²) in [6.45, 7) is 0. The van der Waals surface area contributed by atoms with Gasteiger partial charge in [-0.2, -0.15) is 0 Å². The van der Waals surface area contributed by atoms with E-state index in [-0.39, 0.29) is 6.03 Å². The molecule has 4 nitrogen and oxygen atoms in total. The zero-order chi connectivity index (χ0) is 10.6. The molecule has 0 aliphatic heterocycles. The highest BCUT2D eigenvalue weighted by Gasteiger charge is 2.00. The van der Waals surface area contributed by atoms with Gasteiger partial charge >= 0.3 is 6.03 Å². The van der Waals surface area contributed by atoms with Crippen molar-refractivity contribution < 1.29 is 4.79 Å². The molecule has 2 amide bonds. The topological polar surface area (TPSA) is 44.4 Å². The van der Waals surface area contributed by atoms with Gasteiger partial charge in [-0.1, -0.05) is 11.6 Å². The highest BCUT2D eigenvalue weighted by Crippen LogP contribution is 2.12. The highest BCUT2D eigenvalue weighted by molar-refractivity contribution is 6.30. The quantitative estimate of drug-likeness (QED) is 0.738. The SMILES string of the molecule is CN(C)C(=O)NNc1ccc(Cl)cc1. The molecule has 0 atom stereocenters. The lowest BCUT2D eigenvalue weighted by atomic mass is 10.3. The first-order valence-electron chi connectivity index (χ1n) is 4.08. The summed E-state index contributed by atoms with van der Waals surface area (Å²) in [5.41, 5.74) is 6.05. The smallest absolute Gasteiger partial charge is 0.330 e. The third kappa shape index (κ3) is 3.14. The van der Waals surface area contributed by atoms with Crippen LogP contribution in [0.4, 0.5) is 10.5 Å². The summed E-state index contributed by atoms with van der Waals surface area (Å²) in [4.78, 5) is 12.5. The van der Waals surface area contributed by atoms with Gasteiger partial charge in [-0.25, -0.2) is 4.79 Å². The number of benzene rings is 1. The number of nitrogens with zero attached hydrogens (tertiary/aromatic N) is 1. The number of rotatable bonds is 2. The lowest BCUT2D eigenvalue weighted by molar-refractivity contribution is 0.219. The van der Waals surface area contributed by atoms with Crippen LogP contribution in [-0.4, -0.2) is 25.0 Å². The summed E-state index contributed by atoms with van der Waals surface area (Å²) in [5.74, 6) is 0. The molecule has 0 aliphatic rings. The lowest BCUT2D eigenvalue weighted by Gasteiger charge is -2.13. The predicted octanol–water partition coefficient (Wildman–Crippen LogP) is 1.94. The molecule has 76 valence electrons. The summed E-state index contributed by atoms with van der Waals surface area (Å²) >= 11 is 5.70. The van der Waals surface area contributed by atoms with Gasteiger partial charge in [-0.05, 0) is 24.3 Å². The van der Waals surface area contributed by atoms with E-state index in [1.165, 1.54) is 4.90 Å². The molecule has 14 heavy (non-hydrogen) atoms. The van der Waals surface area contributed by atoms with Crippen molar-refractivity contribution in [2.24, 2.45) is 0 Å². The number of halogens is 1. The molecule has 1 aromatic carbocycles. The second kappa shape index (κ2) is 4.72. The number of hydrazine groups is 1. The Morgan fingerprint density at radius 1 is 1.29 bits per heavy atom. The fraction of sp³-hybridized carbons (Fsp3) is 0.222. The first-order valence-corrected chi connectivity index (χ1v) is 4.46. The highest BCUT2D eigenvalue weighted by atomic mass is 35.5. The van der Waals surface area contributed by atoms with Crippen LogP contribution in [0.25, 0.3) is 0 Å². The number of hydrogen-bond donors (Lipinski definition) is 2. The standard InChI is InChI=1S/C9H12ClN3O/c1-13(2)9(14)12-11-8-5-3-7(10)4-6-8/h3-6,11H,1-2H3,(H,12,14). The van der Waals surface area contributed by atoms with Gasteiger partial charge in [0.15, 0.2) is 0 Å². The number of amides is 2. The molecular formula is C9H12ClN3O. The molecular weight excluding hydrogens is 202 g/mol. The van der Waals surface area contributed by atoms with Crippen LogP contribution in [0.3, 0.4) is 0 Å². The number of hydrogen-bond acceptors (Lipinski definition) is 2. The fourth-order valence-electron chi connectivity index (χ4n) is 0.771. The average molecular weight is 214 g/mol. The number of anilines is 1. The Labute approximate surface area is 87.8 Å². The third-order valence-electron chi connectivity index (χ3n) is 1.56. The molecule has 5 heteroatoms. The Bertz CT molecular complexity index is 310. The molecule has 2 N–H and O–H groups in total. The van der Waals surface area contributed by atoms with E-state index < -0.39 is 0 Å². The monoisotopic (exact) mass is 213 g/mol. The zero-order valence-corrected chi connectivity index (χ0v) is 8.80. The minimum absolute atomic E-state index is 0.208. The predicted molar refractivity (Wildman–Crippen MR) is 57.3 cm³/mol. The van der Waals surface area contributed by atoms with Crippen molar-refractivity contribution in [2.75, 3.05) is 19.5 Å². The molecule has 0 saturated heterocycles. The molecule has 1 rings (SSSR count). The van der Waals surface area contributed by atoms with E-state index in [2.05, 4.69) is 10.9 Å². The van der Waals surface area contributed by atoms with Crippen molar-refractivity contribution >= 4 is 23.3 Å². The van der Waals surface area contributed by atoms with E-state index in [0.29, 0.717) is 5.02 Å². The summed E-state index contributed by atoms with van der Waals surface area (Å²) in [6, 6.07) is 6.83. The number of urea groups is 1. The molecule has 0 radical (unpaired) electrons. The minimum atomic E-state index is -0.208. The van der Waals surface area contributed by atoms with Crippen molar-refractivity contribution in [3.05, 3.63) is 29.3 Å². The summed E-state index contributed by atoms with van der Waals surface area (Å²) in [7, 11) is 3.33. The van der Waals surface area contributed by atoms with Gasteiger partial charge in [0.2, 0.25) is 0 Å². The molecule has 0 bridgehead atoms. The summed E-state index contributed by atoms with van der Waals surface area (Å²) in [6.07, 6.45) is 0. The molecule has 0 saturated carbocycles. The Morgan fingerprint density at radius 3 is 2.36 bits per heavy atom. The van der Waals surface area contributed by atoms with Crippen molar-refractivity contribution in [1.29, 1.82) is 0 Å². The third-order valence-corrected chi connectivity index (χ3v) is 1.82. The number of carbonyl (C=O) groups excluding carboxylic acids is 1. The Balaban J connectivity index is 2.46. The van der Waals surface area contributed by atoms with Crippen LogP contribution in [0, 0.1) is 0 Å². The molecule has 0 unspecified atom stereocenters. The van der Waals surface area contributed by atoms with E-state index in [4.69, 9.17) is 11.6 Å². The maximum Gasteiger partial charge on any atom is 0.335 e. The van der Waals surface area contributed by atoms with E-state index in [1.54, 1.807) is 38.4 Å². The summed E-state index contributed by atoms with van der Waals surface area (Å²) < 4.78 is 0. The lowest BCUT2D eigenvalue weighted by Crippen LogP contribution is -2.38. The normalized spacial score (nSPS) is 9.36. The average Bonchev–Trinajstić information content (AvgIpc) is 2.16. The van der Waals surface area contributed by atoms with Crippen LogP contribution in [-0.2, 0) is 0 Å². The van der Waals surface area contributed by atoms with E-state index >= 15 is 0 Å². The maximum atomic E-state index is 11.1. The van der Waals surface area contributed by atoms with E-state index in [0.717, 1.165) is 5.69 Å². The molecule has 0 aromatic heterocycles. The van der Waals surface area contributed by atoms with Crippen LogP contribution >= 0.6 is 11.6 Å². The number of nitrogens with one attached hydrogen (secondary N) is 2. The second-order valence-corrected chi connectivity index (χ2v) is 3.39. The zero-order valence-electron chi connectivity index (χ0n) is 8.04. The van der Waals surface area contributed by atoms with Gasteiger partial charge in [0.1, 0.15) is 0 Å². The Morgan fingerprint density at radius 2 is 1.86 bits per heavy atom. The van der Waals surface area contributed by atoms with Crippen LogP contribution in [0.1, 0.15) is 0 Å². The Kier molecular flexibility index (Phi) is 3.59. The van der Waals surface area contributed by atoms with Crippen LogP contribution in [0.5, 0.6) is 0 Å². The van der Waals surface area contributed by atoms with Crippen LogP contribution in [0.15, 0.2) is 24.3 Å². The van der Waals surface area contributed by atoms with Gasteiger partial charge in [-0.15, -0.1) is 0 Å². The molecule has 0 aliphatic carbocycles. The molecule has 0 heterocycles. The summed E-state index contributed by atoms with van der Waals surface area (Å²) in [5, 5.41) is 0.662. The second-order valence-electron chi connectivity index (χ2n) is 2.96. The van der Waals surface area contributed by atoms with Gasteiger partial charge in [-0.3, -0.25) is 10.9 Å².